The van der Waals surface area contributed by atoms with Crippen molar-refractivity contribution in [1.29, 1.82) is 5.26 Å². The van der Waals surface area contributed by atoms with Gasteiger partial charge in [0, 0.05) is 17.6 Å². The van der Waals surface area contributed by atoms with E-state index in [0.29, 0.717) is 11.4 Å². The molecule has 0 spiro atoms. The molecule has 1 aromatic heterocycles. The molecule has 226 valence electrons. The zero-order valence-electron chi connectivity index (χ0n) is 25.9. The van der Waals surface area contributed by atoms with Crippen molar-refractivity contribution in [2.24, 2.45) is 0 Å². The molecule has 0 aliphatic heterocycles. The summed E-state index contributed by atoms with van der Waals surface area (Å²) in [6.45, 7) is 0. The van der Waals surface area contributed by atoms with Gasteiger partial charge in [-0.25, -0.2) is 9.37 Å². The minimum atomic E-state index is -0.308. The number of benzene rings is 7. The number of pyridine rings is 1. The van der Waals surface area contributed by atoms with E-state index in [-0.39, 0.29) is 5.82 Å². The van der Waals surface area contributed by atoms with E-state index in [4.69, 9.17) is 4.98 Å². The Morgan fingerprint density at radius 2 is 1.15 bits per heavy atom. The Morgan fingerprint density at radius 3 is 1.77 bits per heavy atom. The molecular weight excluding hydrogens is 590 g/mol. The number of halogens is 1. The van der Waals surface area contributed by atoms with Crippen molar-refractivity contribution in [1.82, 2.24) is 4.98 Å². The van der Waals surface area contributed by atoms with Gasteiger partial charge in [-0.05, 0) is 115 Å². The van der Waals surface area contributed by atoms with Crippen LogP contribution in [-0.2, 0) is 0 Å². The second kappa shape index (κ2) is 12.3. The van der Waals surface area contributed by atoms with Crippen LogP contribution in [0.5, 0.6) is 0 Å². The number of hydrogen-bond donors (Lipinski definition) is 0. The normalized spacial score (nSPS) is 11.3. The average Bonchev–Trinajstić information content (AvgIpc) is 3.15. The maximum Gasteiger partial charge on any atom is 0.137 e. The summed E-state index contributed by atoms with van der Waals surface area (Å²) >= 11 is 0. The van der Waals surface area contributed by atoms with E-state index >= 15 is 0 Å². The fraction of sp³-hybridized carbons (Fsp3) is 0. The number of hydrogen-bond acceptors (Lipinski definition) is 3. The van der Waals surface area contributed by atoms with Crippen LogP contribution in [0.25, 0.3) is 55.6 Å². The third-order valence-electron chi connectivity index (χ3n) is 8.81. The highest BCUT2D eigenvalue weighted by molar-refractivity contribution is 6.20. The molecular formula is C44H28FN3. The first-order chi connectivity index (χ1) is 23.7. The predicted molar refractivity (Wildman–Crippen MR) is 197 cm³/mol. The van der Waals surface area contributed by atoms with Crippen molar-refractivity contribution >= 4 is 61.7 Å². The van der Waals surface area contributed by atoms with Crippen LogP contribution in [0.2, 0.25) is 0 Å². The van der Waals surface area contributed by atoms with Gasteiger partial charge < -0.3 is 0 Å². The third-order valence-corrected chi connectivity index (χ3v) is 8.81. The lowest BCUT2D eigenvalue weighted by molar-refractivity contribution is 0.628. The average molecular weight is 618 g/mol. The summed E-state index contributed by atoms with van der Waals surface area (Å²) < 4.78 is 13.8. The van der Waals surface area contributed by atoms with E-state index in [1.807, 2.05) is 35.4 Å². The van der Waals surface area contributed by atoms with Gasteiger partial charge in [0.15, 0.2) is 0 Å². The second-order valence-electron chi connectivity index (χ2n) is 11.7. The fourth-order valence-corrected chi connectivity index (χ4v) is 6.57. The zero-order chi connectivity index (χ0) is 32.5. The molecule has 4 heteroatoms. The monoisotopic (exact) mass is 617 g/mol. The molecule has 0 atom stereocenters. The van der Waals surface area contributed by atoms with Crippen LogP contribution >= 0.6 is 0 Å². The minimum Gasteiger partial charge on any atom is -0.295 e. The second-order valence-corrected chi connectivity index (χ2v) is 11.7. The molecule has 0 aliphatic rings. The standard InChI is InChI=1S/C44H28FN3/c45-33-20-24-35(25-21-33)48(34-22-16-30(28-46)17-23-34)43-27-19-31(29-47-43)18-26-39-37-11-3-5-13-41(37)44(42-14-6-4-12-38(39)42)40-15-7-9-32-8-1-2-10-36(32)40/h1-27,29H/b26-18+. The molecule has 1 heterocycles. The molecule has 0 N–H and O–H groups in total. The molecule has 0 amide bonds. The van der Waals surface area contributed by atoms with Crippen LogP contribution in [-0.4, -0.2) is 4.98 Å². The number of anilines is 3. The van der Waals surface area contributed by atoms with Crippen molar-refractivity contribution in [2.45, 2.75) is 0 Å². The first kappa shape index (κ1) is 28.9. The largest absolute Gasteiger partial charge is 0.295 e. The summed E-state index contributed by atoms with van der Waals surface area (Å²) in [4.78, 5) is 6.78. The minimum absolute atomic E-state index is 0.308. The Bertz CT molecular complexity index is 2450. The molecule has 8 rings (SSSR count). The Hall–Kier alpha value is -6.57. The number of rotatable bonds is 6. The third kappa shape index (κ3) is 5.24. The molecule has 0 unspecified atom stereocenters. The molecule has 0 saturated carbocycles. The number of fused-ring (bicyclic) bond motifs is 3. The first-order valence-electron chi connectivity index (χ1n) is 15.8. The molecule has 0 aliphatic carbocycles. The van der Waals surface area contributed by atoms with E-state index < -0.39 is 0 Å². The summed E-state index contributed by atoms with van der Waals surface area (Å²) in [5.41, 5.74) is 6.72. The highest BCUT2D eigenvalue weighted by Gasteiger charge is 2.16. The van der Waals surface area contributed by atoms with Crippen LogP contribution in [0.15, 0.2) is 158 Å². The maximum absolute atomic E-state index is 13.8. The van der Waals surface area contributed by atoms with Gasteiger partial charge in [0.2, 0.25) is 0 Å². The Kier molecular flexibility index (Phi) is 7.41. The van der Waals surface area contributed by atoms with Crippen molar-refractivity contribution in [3.63, 3.8) is 0 Å². The van der Waals surface area contributed by atoms with Gasteiger partial charge in [-0.2, -0.15) is 5.26 Å². The van der Waals surface area contributed by atoms with Gasteiger partial charge in [0.25, 0.3) is 0 Å². The fourth-order valence-electron chi connectivity index (χ4n) is 6.57. The first-order valence-corrected chi connectivity index (χ1v) is 15.8. The topological polar surface area (TPSA) is 39.9 Å². The lowest BCUT2D eigenvalue weighted by Crippen LogP contribution is -2.11. The van der Waals surface area contributed by atoms with Gasteiger partial charge in [-0.1, -0.05) is 103 Å². The number of nitrogens with zero attached hydrogens (tertiary/aromatic N) is 3. The number of aromatic nitrogens is 1. The van der Waals surface area contributed by atoms with Gasteiger partial charge in [0.05, 0.1) is 11.6 Å². The van der Waals surface area contributed by atoms with Crippen molar-refractivity contribution in [2.75, 3.05) is 4.90 Å². The van der Waals surface area contributed by atoms with Gasteiger partial charge in [0.1, 0.15) is 11.6 Å². The van der Waals surface area contributed by atoms with Crippen LogP contribution in [0.4, 0.5) is 21.6 Å². The van der Waals surface area contributed by atoms with Crippen LogP contribution < -0.4 is 4.90 Å². The molecule has 7 aromatic carbocycles. The zero-order valence-corrected chi connectivity index (χ0v) is 25.9. The summed E-state index contributed by atoms with van der Waals surface area (Å²) in [6, 6.07) is 52.1. The molecule has 3 nitrogen and oxygen atoms in total. The Balaban J connectivity index is 1.22. The Labute approximate surface area is 278 Å². The van der Waals surface area contributed by atoms with Gasteiger partial charge in [-0.15, -0.1) is 0 Å². The van der Waals surface area contributed by atoms with Crippen molar-refractivity contribution in [3.05, 3.63) is 180 Å². The summed E-state index contributed by atoms with van der Waals surface area (Å²) in [6.07, 6.45) is 6.14. The Morgan fingerprint density at radius 1 is 0.562 bits per heavy atom. The van der Waals surface area contributed by atoms with E-state index in [1.54, 1.807) is 24.3 Å². The van der Waals surface area contributed by atoms with Crippen molar-refractivity contribution in [3.8, 4) is 17.2 Å². The van der Waals surface area contributed by atoms with Gasteiger partial charge in [-0.3, -0.25) is 4.90 Å². The highest BCUT2D eigenvalue weighted by atomic mass is 19.1. The molecule has 0 radical (unpaired) electrons. The molecule has 0 fully saturated rings. The summed E-state index contributed by atoms with van der Waals surface area (Å²) in [7, 11) is 0. The van der Waals surface area contributed by atoms with Gasteiger partial charge >= 0.3 is 0 Å². The molecule has 8 aromatic rings. The van der Waals surface area contributed by atoms with E-state index in [2.05, 4.69) is 109 Å². The molecule has 0 bridgehead atoms. The smallest absolute Gasteiger partial charge is 0.137 e. The predicted octanol–water partition coefficient (Wildman–Crippen LogP) is 11.9. The summed E-state index contributed by atoms with van der Waals surface area (Å²) in [5, 5.41) is 16.5. The molecule has 48 heavy (non-hydrogen) atoms. The van der Waals surface area contributed by atoms with E-state index in [9.17, 15) is 9.65 Å². The number of nitriles is 1. The molecule has 0 saturated heterocycles. The quantitative estimate of drug-likeness (QED) is 0.174. The maximum atomic E-state index is 13.8. The lowest BCUT2D eigenvalue weighted by Gasteiger charge is -2.24. The van der Waals surface area contributed by atoms with E-state index in [0.717, 1.165) is 22.5 Å². The highest BCUT2D eigenvalue weighted by Crippen LogP contribution is 2.42. The SMILES string of the molecule is N#Cc1ccc(N(c2ccc(F)cc2)c2ccc(/C=C/c3c4ccccc4c(-c4cccc5ccccc45)c4ccccc34)cn2)cc1. The lowest BCUT2D eigenvalue weighted by atomic mass is 9.86. The van der Waals surface area contributed by atoms with Crippen molar-refractivity contribution < 1.29 is 4.39 Å². The summed E-state index contributed by atoms with van der Waals surface area (Å²) in [5.74, 6) is 0.371. The van der Waals surface area contributed by atoms with Crippen LogP contribution in [0, 0.1) is 17.1 Å². The van der Waals surface area contributed by atoms with Crippen LogP contribution in [0.3, 0.4) is 0 Å². The van der Waals surface area contributed by atoms with E-state index in [1.165, 1.54) is 55.6 Å². The van der Waals surface area contributed by atoms with Crippen LogP contribution in [0.1, 0.15) is 16.7 Å².